The van der Waals surface area contributed by atoms with Crippen molar-refractivity contribution in [1.29, 1.82) is 0 Å². The molecule has 0 radical (unpaired) electrons. The monoisotopic (exact) mass is 369 g/mol. The Labute approximate surface area is 158 Å². The standard InChI is InChI=1S/C20H31NO3.ClH/c1-3-17-9-5-6-10-19(17)24-16-8-7-13-21-14-11-18(12-15-21)20(22)23-4-2;/h5-6,9-10,18H,3-4,7-8,11-16H2,1-2H3;1H. The smallest absolute Gasteiger partial charge is 0.309 e. The highest BCUT2D eigenvalue weighted by atomic mass is 35.5. The molecule has 0 bridgehead atoms. The average molecular weight is 370 g/mol. The number of likely N-dealkylation sites (tertiary alicyclic amines) is 1. The Balaban J connectivity index is 0.00000312. The number of benzene rings is 1. The molecule has 0 N–H and O–H groups in total. The zero-order chi connectivity index (χ0) is 17.2. The van der Waals surface area contributed by atoms with Gasteiger partial charge in [-0.05, 0) is 70.3 Å². The quantitative estimate of drug-likeness (QED) is 0.485. The fourth-order valence-electron chi connectivity index (χ4n) is 3.21. The number of hydrogen-bond acceptors (Lipinski definition) is 4. The summed E-state index contributed by atoms with van der Waals surface area (Å²) in [6, 6.07) is 8.27. The first-order valence-corrected chi connectivity index (χ1v) is 9.34. The van der Waals surface area contributed by atoms with Crippen molar-refractivity contribution < 1.29 is 14.3 Å². The third kappa shape index (κ3) is 7.25. The number of nitrogens with zero attached hydrogens (tertiary/aromatic N) is 1. The lowest BCUT2D eigenvalue weighted by Gasteiger charge is -2.30. The van der Waals surface area contributed by atoms with Crippen LogP contribution in [0.5, 0.6) is 5.75 Å². The molecular formula is C20H32ClNO3. The normalized spacial score (nSPS) is 15.4. The zero-order valence-electron chi connectivity index (χ0n) is 15.5. The van der Waals surface area contributed by atoms with Gasteiger partial charge < -0.3 is 14.4 Å². The summed E-state index contributed by atoms with van der Waals surface area (Å²) in [5, 5.41) is 0. The van der Waals surface area contributed by atoms with E-state index >= 15 is 0 Å². The zero-order valence-corrected chi connectivity index (χ0v) is 16.4. The summed E-state index contributed by atoms with van der Waals surface area (Å²) in [5.74, 6) is 1.12. The first kappa shape index (κ1) is 21.8. The Morgan fingerprint density at radius 2 is 1.88 bits per heavy atom. The summed E-state index contributed by atoms with van der Waals surface area (Å²) >= 11 is 0. The highest BCUT2D eigenvalue weighted by Crippen LogP contribution is 2.20. The molecule has 1 aliphatic heterocycles. The molecule has 0 unspecified atom stereocenters. The van der Waals surface area contributed by atoms with Crippen LogP contribution in [0.15, 0.2) is 24.3 Å². The Bertz CT molecular complexity index is 501. The topological polar surface area (TPSA) is 38.8 Å². The minimum Gasteiger partial charge on any atom is -0.493 e. The number of para-hydroxylation sites is 1. The van der Waals surface area contributed by atoms with Gasteiger partial charge in [0.1, 0.15) is 5.75 Å². The molecule has 1 aromatic carbocycles. The summed E-state index contributed by atoms with van der Waals surface area (Å²) in [6.07, 6.45) is 5.07. The molecule has 142 valence electrons. The molecule has 1 fully saturated rings. The summed E-state index contributed by atoms with van der Waals surface area (Å²) in [6.45, 7) is 8.38. The molecular weight excluding hydrogens is 338 g/mol. The summed E-state index contributed by atoms with van der Waals surface area (Å²) in [7, 11) is 0. The van der Waals surface area contributed by atoms with Gasteiger partial charge in [-0.1, -0.05) is 25.1 Å². The van der Waals surface area contributed by atoms with Crippen LogP contribution in [0.25, 0.3) is 0 Å². The molecule has 0 saturated carbocycles. The van der Waals surface area contributed by atoms with Crippen LogP contribution in [0.1, 0.15) is 45.1 Å². The van der Waals surface area contributed by atoms with Gasteiger partial charge in [0.25, 0.3) is 0 Å². The molecule has 0 aromatic heterocycles. The van der Waals surface area contributed by atoms with Crippen LogP contribution in [0.2, 0.25) is 0 Å². The van der Waals surface area contributed by atoms with Gasteiger partial charge in [0, 0.05) is 0 Å². The van der Waals surface area contributed by atoms with Crippen LogP contribution in [0.4, 0.5) is 0 Å². The van der Waals surface area contributed by atoms with E-state index < -0.39 is 0 Å². The number of halogens is 1. The van der Waals surface area contributed by atoms with Crippen molar-refractivity contribution in [3.63, 3.8) is 0 Å². The third-order valence-corrected chi connectivity index (χ3v) is 4.69. The first-order chi connectivity index (χ1) is 11.7. The van der Waals surface area contributed by atoms with Crippen LogP contribution >= 0.6 is 12.4 Å². The van der Waals surface area contributed by atoms with Crippen LogP contribution < -0.4 is 4.74 Å². The van der Waals surface area contributed by atoms with E-state index in [1.165, 1.54) is 5.56 Å². The van der Waals surface area contributed by atoms with Gasteiger partial charge in [0.15, 0.2) is 0 Å². The first-order valence-electron chi connectivity index (χ1n) is 9.34. The maximum absolute atomic E-state index is 11.7. The number of hydrogen-bond donors (Lipinski definition) is 0. The molecule has 5 heteroatoms. The fourth-order valence-corrected chi connectivity index (χ4v) is 3.21. The lowest BCUT2D eigenvalue weighted by Crippen LogP contribution is -2.37. The molecule has 2 rings (SSSR count). The van der Waals surface area contributed by atoms with E-state index in [1.807, 2.05) is 13.0 Å². The number of aryl methyl sites for hydroxylation is 1. The van der Waals surface area contributed by atoms with Gasteiger partial charge in [-0.15, -0.1) is 12.4 Å². The number of unbranched alkanes of at least 4 members (excludes halogenated alkanes) is 1. The number of ether oxygens (including phenoxy) is 2. The summed E-state index contributed by atoms with van der Waals surface area (Å²) in [5.41, 5.74) is 1.28. The van der Waals surface area contributed by atoms with E-state index in [4.69, 9.17) is 9.47 Å². The van der Waals surface area contributed by atoms with Gasteiger partial charge in [-0.25, -0.2) is 0 Å². The van der Waals surface area contributed by atoms with E-state index in [9.17, 15) is 4.79 Å². The lowest BCUT2D eigenvalue weighted by atomic mass is 9.97. The molecule has 25 heavy (non-hydrogen) atoms. The van der Waals surface area contributed by atoms with E-state index in [1.54, 1.807) is 0 Å². The maximum atomic E-state index is 11.7. The van der Waals surface area contributed by atoms with Crippen molar-refractivity contribution in [3.05, 3.63) is 29.8 Å². The molecule has 1 aromatic rings. The SMILES string of the molecule is CCOC(=O)C1CCN(CCCCOc2ccccc2CC)CC1.Cl. The number of piperidine rings is 1. The highest BCUT2D eigenvalue weighted by Gasteiger charge is 2.25. The van der Waals surface area contributed by atoms with E-state index in [-0.39, 0.29) is 24.3 Å². The average Bonchev–Trinajstić information content (AvgIpc) is 2.62. The predicted molar refractivity (Wildman–Crippen MR) is 104 cm³/mol. The van der Waals surface area contributed by atoms with Crippen LogP contribution in [-0.2, 0) is 16.0 Å². The van der Waals surface area contributed by atoms with Crippen molar-refractivity contribution in [2.24, 2.45) is 5.92 Å². The molecule has 0 amide bonds. The number of esters is 1. The summed E-state index contributed by atoms with van der Waals surface area (Å²) in [4.78, 5) is 14.2. The fraction of sp³-hybridized carbons (Fsp3) is 0.650. The Morgan fingerprint density at radius 3 is 2.56 bits per heavy atom. The second-order valence-electron chi connectivity index (χ2n) is 6.38. The Kier molecular flexibility index (Phi) is 10.6. The van der Waals surface area contributed by atoms with Gasteiger partial charge in [0.05, 0.1) is 19.1 Å². The van der Waals surface area contributed by atoms with Crippen LogP contribution in [0, 0.1) is 5.92 Å². The maximum Gasteiger partial charge on any atom is 0.309 e. The van der Waals surface area contributed by atoms with E-state index in [2.05, 4.69) is 30.0 Å². The van der Waals surface area contributed by atoms with Crippen molar-refractivity contribution in [1.82, 2.24) is 4.90 Å². The molecule has 1 aliphatic rings. The number of carbonyl (C=O) groups excluding carboxylic acids is 1. The minimum absolute atomic E-state index is 0. The third-order valence-electron chi connectivity index (χ3n) is 4.69. The Morgan fingerprint density at radius 1 is 1.16 bits per heavy atom. The largest absolute Gasteiger partial charge is 0.493 e. The van der Waals surface area contributed by atoms with Crippen LogP contribution in [0.3, 0.4) is 0 Å². The van der Waals surface area contributed by atoms with Gasteiger partial charge in [-0.3, -0.25) is 4.79 Å². The number of rotatable bonds is 9. The minimum atomic E-state index is -0.0138. The van der Waals surface area contributed by atoms with Gasteiger partial charge in [0.2, 0.25) is 0 Å². The van der Waals surface area contributed by atoms with E-state index in [0.29, 0.717) is 6.61 Å². The van der Waals surface area contributed by atoms with Gasteiger partial charge in [-0.2, -0.15) is 0 Å². The molecule has 0 spiro atoms. The van der Waals surface area contributed by atoms with E-state index in [0.717, 1.165) is 64.1 Å². The predicted octanol–water partition coefficient (Wildman–Crippen LogP) is 4.10. The highest BCUT2D eigenvalue weighted by molar-refractivity contribution is 5.85. The van der Waals surface area contributed by atoms with Crippen molar-refractivity contribution in [2.45, 2.75) is 46.0 Å². The molecule has 1 saturated heterocycles. The van der Waals surface area contributed by atoms with Gasteiger partial charge >= 0.3 is 5.97 Å². The molecule has 0 atom stereocenters. The number of carbonyl (C=O) groups is 1. The van der Waals surface area contributed by atoms with Crippen molar-refractivity contribution in [3.8, 4) is 5.75 Å². The molecule has 4 nitrogen and oxygen atoms in total. The summed E-state index contributed by atoms with van der Waals surface area (Å²) < 4.78 is 11.0. The molecule has 1 heterocycles. The second kappa shape index (κ2) is 12.2. The second-order valence-corrected chi connectivity index (χ2v) is 6.38. The lowest BCUT2D eigenvalue weighted by molar-refractivity contribution is -0.149. The van der Waals surface area contributed by atoms with Crippen molar-refractivity contribution in [2.75, 3.05) is 32.8 Å². The van der Waals surface area contributed by atoms with Crippen LogP contribution in [-0.4, -0.2) is 43.7 Å². The Hall–Kier alpha value is -1.26. The molecule has 0 aliphatic carbocycles. The van der Waals surface area contributed by atoms with Crippen molar-refractivity contribution >= 4 is 18.4 Å².